The number of aromatic nitrogens is 2. The number of aryl methyl sites for hydroxylation is 1. The molecule has 1 N–H and O–H groups in total. The second kappa shape index (κ2) is 10.5. The number of amides is 1. The molecule has 0 atom stereocenters. The Morgan fingerprint density at radius 2 is 2.00 bits per heavy atom. The molecule has 32 heavy (non-hydrogen) atoms. The van der Waals surface area contributed by atoms with E-state index in [0.717, 1.165) is 12.1 Å². The standard InChI is InChI=1S/C22H20BrF2N3O4/c1-13-9-18(32-12-15-3-5-16(24)10-17(15)25)20(23)22(30)28(13)19-6-4-14(11-27-19)21(29)26-7-8-31-2/h3-6,9-11H,7-8,12H2,1-2H3,(H,26,29). The third-order valence-electron chi connectivity index (χ3n) is 4.53. The second-order valence-corrected chi connectivity index (χ2v) is 7.58. The minimum atomic E-state index is -0.735. The molecule has 0 aliphatic rings. The maximum atomic E-state index is 13.8. The second-order valence-electron chi connectivity index (χ2n) is 6.78. The van der Waals surface area contributed by atoms with E-state index in [1.165, 1.54) is 23.9 Å². The van der Waals surface area contributed by atoms with Crippen molar-refractivity contribution in [1.82, 2.24) is 14.9 Å². The van der Waals surface area contributed by atoms with Crippen LogP contribution in [0.1, 0.15) is 21.6 Å². The zero-order valence-corrected chi connectivity index (χ0v) is 18.9. The van der Waals surface area contributed by atoms with Crippen molar-refractivity contribution in [3.63, 3.8) is 0 Å². The highest BCUT2D eigenvalue weighted by molar-refractivity contribution is 9.10. The lowest BCUT2D eigenvalue weighted by Crippen LogP contribution is -2.27. The number of hydrogen-bond donors (Lipinski definition) is 1. The molecule has 0 radical (unpaired) electrons. The number of rotatable bonds is 8. The Bertz CT molecular complexity index is 1180. The summed E-state index contributed by atoms with van der Waals surface area (Å²) in [7, 11) is 1.54. The lowest BCUT2D eigenvalue weighted by atomic mass is 10.2. The van der Waals surface area contributed by atoms with Gasteiger partial charge in [0, 0.05) is 43.2 Å². The molecule has 2 heterocycles. The summed E-state index contributed by atoms with van der Waals surface area (Å²) in [6.45, 7) is 2.26. The normalized spacial score (nSPS) is 10.8. The van der Waals surface area contributed by atoms with Crippen molar-refractivity contribution in [2.75, 3.05) is 20.3 Å². The quantitative estimate of drug-likeness (QED) is 0.471. The predicted molar refractivity (Wildman–Crippen MR) is 117 cm³/mol. The van der Waals surface area contributed by atoms with Gasteiger partial charge in [-0.25, -0.2) is 13.8 Å². The van der Waals surface area contributed by atoms with Gasteiger partial charge < -0.3 is 14.8 Å². The van der Waals surface area contributed by atoms with Crippen molar-refractivity contribution in [1.29, 1.82) is 0 Å². The molecule has 0 saturated carbocycles. The highest BCUT2D eigenvalue weighted by atomic mass is 79.9. The Hall–Kier alpha value is -3.11. The first-order chi connectivity index (χ1) is 15.3. The van der Waals surface area contributed by atoms with Gasteiger partial charge in [-0.05, 0) is 47.1 Å². The van der Waals surface area contributed by atoms with E-state index < -0.39 is 17.2 Å². The molecule has 10 heteroatoms. The van der Waals surface area contributed by atoms with Crippen LogP contribution in [0.25, 0.3) is 5.82 Å². The van der Waals surface area contributed by atoms with E-state index in [-0.39, 0.29) is 28.3 Å². The third-order valence-corrected chi connectivity index (χ3v) is 5.26. The van der Waals surface area contributed by atoms with E-state index in [9.17, 15) is 18.4 Å². The zero-order chi connectivity index (χ0) is 23.3. The minimum absolute atomic E-state index is 0.119. The SMILES string of the molecule is COCCNC(=O)c1ccc(-n2c(C)cc(OCc3ccc(F)cc3F)c(Br)c2=O)nc1. The molecule has 0 fully saturated rings. The summed E-state index contributed by atoms with van der Waals surface area (Å²) in [5.74, 6) is -1.19. The molecular formula is C22H20BrF2N3O4. The number of benzene rings is 1. The molecular weight excluding hydrogens is 488 g/mol. The molecule has 0 aliphatic carbocycles. The van der Waals surface area contributed by atoms with Crippen molar-refractivity contribution in [2.24, 2.45) is 0 Å². The Morgan fingerprint density at radius 3 is 2.66 bits per heavy atom. The van der Waals surface area contributed by atoms with Gasteiger partial charge in [0.05, 0.1) is 12.2 Å². The lowest BCUT2D eigenvalue weighted by molar-refractivity contribution is 0.0936. The van der Waals surface area contributed by atoms with Gasteiger partial charge in [-0.15, -0.1) is 0 Å². The first-order valence-electron chi connectivity index (χ1n) is 9.54. The van der Waals surface area contributed by atoms with Gasteiger partial charge in [-0.3, -0.25) is 14.2 Å². The minimum Gasteiger partial charge on any atom is -0.487 e. The molecule has 0 saturated heterocycles. The van der Waals surface area contributed by atoms with Crippen molar-refractivity contribution in [2.45, 2.75) is 13.5 Å². The maximum Gasteiger partial charge on any atom is 0.274 e. The van der Waals surface area contributed by atoms with E-state index in [2.05, 4.69) is 26.2 Å². The van der Waals surface area contributed by atoms with Crippen LogP contribution >= 0.6 is 15.9 Å². The van der Waals surface area contributed by atoms with Crippen LogP contribution in [0.15, 0.2) is 51.9 Å². The molecule has 2 aromatic heterocycles. The molecule has 3 rings (SSSR count). The number of nitrogens with one attached hydrogen (secondary N) is 1. The largest absolute Gasteiger partial charge is 0.487 e. The predicted octanol–water partition coefficient (Wildman–Crippen LogP) is 3.54. The van der Waals surface area contributed by atoms with Gasteiger partial charge in [0.1, 0.15) is 34.3 Å². The number of carbonyl (C=O) groups is 1. The van der Waals surface area contributed by atoms with Crippen LogP contribution in [-0.2, 0) is 11.3 Å². The fourth-order valence-electron chi connectivity index (χ4n) is 2.89. The molecule has 0 bridgehead atoms. The number of hydrogen-bond acceptors (Lipinski definition) is 5. The Morgan fingerprint density at radius 1 is 1.22 bits per heavy atom. The Labute approximate surface area is 191 Å². The first-order valence-corrected chi connectivity index (χ1v) is 10.3. The topological polar surface area (TPSA) is 82.5 Å². The average molecular weight is 508 g/mol. The molecule has 0 spiro atoms. The summed E-state index contributed by atoms with van der Waals surface area (Å²) in [6.07, 6.45) is 1.37. The van der Waals surface area contributed by atoms with Crippen LogP contribution in [0.4, 0.5) is 8.78 Å². The van der Waals surface area contributed by atoms with Crippen molar-refractivity contribution >= 4 is 21.8 Å². The fraction of sp³-hybridized carbons (Fsp3) is 0.227. The molecule has 3 aromatic rings. The third kappa shape index (κ3) is 5.38. The summed E-state index contributed by atoms with van der Waals surface area (Å²) >= 11 is 3.22. The smallest absolute Gasteiger partial charge is 0.274 e. The fourth-order valence-corrected chi connectivity index (χ4v) is 3.29. The summed E-state index contributed by atoms with van der Waals surface area (Å²) in [4.78, 5) is 29.2. The number of pyridine rings is 2. The number of methoxy groups -OCH3 is 1. The maximum absolute atomic E-state index is 13.8. The van der Waals surface area contributed by atoms with Gasteiger partial charge >= 0.3 is 0 Å². The van der Waals surface area contributed by atoms with Gasteiger partial charge in [-0.2, -0.15) is 0 Å². The number of ether oxygens (including phenoxy) is 2. The van der Waals surface area contributed by atoms with Gasteiger partial charge in [-0.1, -0.05) is 0 Å². The van der Waals surface area contributed by atoms with Crippen LogP contribution in [-0.4, -0.2) is 35.7 Å². The van der Waals surface area contributed by atoms with Crippen LogP contribution in [0.5, 0.6) is 5.75 Å². The number of nitrogens with zero attached hydrogens (tertiary/aromatic N) is 2. The Balaban J connectivity index is 1.81. The van der Waals surface area contributed by atoms with Crippen molar-refractivity contribution in [3.8, 4) is 11.6 Å². The van der Waals surface area contributed by atoms with Gasteiger partial charge in [0.25, 0.3) is 11.5 Å². The first kappa shape index (κ1) is 23.6. The summed E-state index contributed by atoms with van der Waals surface area (Å²) in [5, 5.41) is 2.69. The van der Waals surface area contributed by atoms with E-state index >= 15 is 0 Å². The number of carbonyl (C=O) groups excluding carboxylic acids is 1. The van der Waals surface area contributed by atoms with E-state index in [0.29, 0.717) is 30.2 Å². The number of halogens is 3. The molecule has 168 valence electrons. The molecule has 0 unspecified atom stereocenters. The summed E-state index contributed by atoms with van der Waals surface area (Å²) < 4.78 is 38.8. The molecule has 1 aromatic carbocycles. The summed E-state index contributed by atoms with van der Waals surface area (Å²) in [5.41, 5.74) is 0.569. The van der Waals surface area contributed by atoms with Crippen LogP contribution in [0, 0.1) is 18.6 Å². The van der Waals surface area contributed by atoms with E-state index in [4.69, 9.17) is 9.47 Å². The van der Waals surface area contributed by atoms with E-state index in [1.807, 2.05) is 0 Å². The van der Waals surface area contributed by atoms with Crippen LogP contribution < -0.4 is 15.6 Å². The summed E-state index contributed by atoms with van der Waals surface area (Å²) in [6, 6.07) is 7.90. The molecule has 1 amide bonds. The van der Waals surface area contributed by atoms with E-state index in [1.54, 1.807) is 25.1 Å². The zero-order valence-electron chi connectivity index (χ0n) is 17.3. The van der Waals surface area contributed by atoms with Crippen LogP contribution in [0.2, 0.25) is 0 Å². The highest BCUT2D eigenvalue weighted by Crippen LogP contribution is 2.25. The van der Waals surface area contributed by atoms with Crippen molar-refractivity contribution in [3.05, 3.63) is 85.9 Å². The Kier molecular flexibility index (Phi) is 7.70. The average Bonchev–Trinajstić information content (AvgIpc) is 2.77. The van der Waals surface area contributed by atoms with Gasteiger partial charge in [0.2, 0.25) is 0 Å². The molecule has 0 aliphatic heterocycles. The lowest BCUT2D eigenvalue weighted by Gasteiger charge is -2.14. The van der Waals surface area contributed by atoms with Crippen LogP contribution in [0.3, 0.4) is 0 Å². The van der Waals surface area contributed by atoms with Crippen molar-refractivity contribution < 1.29 is 23.0 Å². The molecule has 7 nitrogen and oxygen atoms in total. The highest BCUT2D eigenvalue weighted by Gasteiger charge is 2.16. The monoisotopic (exact) mass is 507 g/mol. The van der Waals surface area contributed by atoms with Gasteiger partial charge in [0.15, 0.2) is 0 Å².